The number of aryl methyl sites for hydroxylation is 1. The maximum absolute atomic E-state index is 11.3. The van der Waals surface area contributed by atoms with Crippen LogP contribution in [-0.2, 0) is 0 Å². The van der Waals surface area contributed by atoms with Crippen molar-refractivity contribution in [3.8, 4) is 11.6 Å². The van der Waals surface area contributed by atoms with Crippen molar-refractivity contribution in [1.82, 2.24) is 4.98 Å². The van der Waals surface area contributed by atoms with E-state index in [9.17, 15) is 14.9 Å². The minimum Gasteiger partial charge on any atom is -0.432 e. The Morgan fingerprint density at radius 3 is 2.70 bits per heavy atom. The summed E-state index contributed by atoms with van der Waals surface area (Å²) in [6.45, 7) is 3.18. The molecule has 6 nitrogen and oxygen atoms in total. The third kappa shape index (κ3) is 2.97. The molecule has 0 aliphatic carbocycles. The van der Waals surface area contributed by atoms with Gasteiger partial charge in [0, 0.05) is 23.9 Å². The minimum absolute atomic E-state index is 0.0915. The molecular formula is C14H12N2O4. The number of rotatable bonds is 4. The standard InChI is InChI=1S/C14H12N2O4/c1-9-3-4-13(12(7-9)16(18)19)20-14-8-11(10(2)17)5-6-15-14/h3-8H,1-2H3. The van der Waals surface area contributed by atoms with Gasteiger partial charge in [-0.25, -0.2) is 4.98 Å². The van der Waals surface area contributed by atoms with Crippen LogP contribution in [0.4, 0.5) is 5.69 Å². The number of hydrogen-bond donors (Lipinski definition) is 0. The Balaban J connectivity index is 2.37. The molecule has 0 atom stereocenters. The van der Waals surface area contributed by atoms with E-state index in [1.807, 2.05) is 0 Å². The summed E-state index contributed by atoms with van der Waals surface area (Å²) in [5.74, 6) is 0.106. The number of ether oxygens (including phenoxy) is 1. The highest BCUT2D eigenvalue weighted by Crippen LogP contribution is 2.31. The van der Waals surface area contributed by atoms with E-state index in [0.717, 1.165) is 5.56 Å². The molecule has 2 aromatic rings. The van der Waals surface area contributed by atoms with E-state index in [-0.39, 0.29) is 23.1 Å². The van der Waals surface area contributed by atoms with Crippen LogP contribution < -0.4 is 4.74 Å². The smallest absolute Gasteiger partial charge is 0.311 e. The first-order valence-electron chi connectivity index (χ1n) is 5.87. The number of nitrogens with zero attached hydrogens (tertiary/aromatic N) is 2. The Bertz CT molecular complexity index is 683. The average molecular weight is 272 g/mol. The Morgan fingerprint density at radius 2 is 2.05 bits per heavy atom. The van der Waals surface area contributed by atoms with E-state index in [2.05, 4.69) is 4.98 Å². The van der Waals surface area contributed by atoms with Crippen molar-refractivity contribution >= 4 is 11.5 Å². The molecular weight excluding hydrogens is 260 g/mol. The van der Waals surface area contributed by atoms with Gasteiger partial charge in [-0.05, 0) is 31.5 Å². The Labute approximate surface area is 115 Å². The molecule has 0 bridgehead atoms. The number of ketones is 1. The lowest BCUT2D eigenvalue weighted by Gasteiger charge is -2.06. The monoisotopic (exact) mass is 272 g/mol. The number of benzene rings is 1. The van der Waals surface area contributed by atoms with Crippen LogP contribution in [0.25, 0.3) is 0 Å². The summed E-state index contributed by atoms with van der Waals surface area (Å²) in [5.41, 5.74) is 1.05. The summed E-state index contributed by atoms with van der Waals surface area (Å²) < 4.78 is 5.41. The summed E-state index contributed by atoms with van der Waals surface area (Å²) in [6, 6.07) is 7.64. The van der Waals surface area contributed by atoms with E-state index in [4.69, 9.17) is 4.74 Å². The predicted molar refractivity (Wildman–Crippen MR) is 72.1 cm³/mol. The fourth-order valence-corrected chi connectivity index (χ4v) is 1.65. The Morgan fingerprint density at radius 1 is 1.30 bits per heavy atom. The van der Waals surface area contributed by atoms with Crippen LogP contribution in [0.5, 0.6) is 11.6 Å². The molecule has 0 fully saturated rings. The Hall–Kier alpha value is -2.76. The highest BCUT2D eigenvalue weighted by atomic mass is 16.6. The average Bonchev–Trinajstić information content (AvgIpc) is 2.41. The number of pyridine rings is 1. The molecule has 0 saturated heterocycles. The van der Waals surface area contributed by atoms with Crippen molar-refractivity contribution in [2.24, 2.45) is 0 Å². The van der Waals surface area contributed by atoms with E-state index < -0.39 is 4.92 Å². The van der Waals surface area contributed by atoms with Crippen molar-refractivity contribution in [3.05, 3.63) is 57.8 Å². The zero-order valence-corrected chi connectivity index (χ0v) is 11.0. The largest absolute Gasteiger partial charge is 0.432 e. The van der Waals surface area contributed by atoms with E-state index >= 15 is 0 Å². The van der Waals surface area contributed by atoms with Crippen molar-refractivity contribution < 1.29 is 14.5 Å². The molecule has 20 heavy (non-hydrogen) atoms. The first-order valence-corrected chi connectivity index (χ1v) is 5.87. The molecule has 0 aliphatic heterocycles. The third-order valence-electron chi connectivity index (χ3n) is 2.67. The second-order valence-electron chi connectivity index (χ2n) is 4.27. The van der Waals surface area contributed by atoms with Gasteiger partial charge in [-0.1, -0.05) is 6.07 Å². The molecule has 0 unspecified atom stereocenters. The highest BCUT2D eigenvalue weighted by molar-refractivity contribution is 5.94. The van der Waals surface area contributed by atoms with Crippen LogP contribution >= 0.6 is 0 Å². The molecule has 0 amide bonds. The number of carbonyl (C=O) groups excluding carboxylic acids is 1. The predicted octanol–water partition coefficient (Wildman–Crippen LogP) is 3.29. The van der Waals surface area contributed by atoms with Crippen LogP contribution in [0.1, 0.15) is 22.8 Å². The van der Waals surface area contributed by atoms with Crippen molar-refractivity contribution in [3.63, 3.8) is 0 Å². The molecule has 102 valence electrons. The van der Waals surface area contributed by atoms with E-state index in [1.165, 1.54) is 31.3 Å². The summed E-state index contributed by atoms with van der Waals surface area (Å²) in [4.78, 5) is 25.7. The van der Waals surface area contributed by atoms with Gasteiger partial charge in [0.15, 0.2) is 5.78 Å². The maximum Gasteiger partial charge on any atom is 0.311 e. The topological polar surface area (TPSA) is 82.3 Å². The van der Waals surface area contributed by atoms with Gasteiger partial charge in [0.2, 0.25) is 11.6 Å². The van der Waals surface area contributed by atoms with Crippen molar-refractivity contribution in [2.75, 3.05) is 0 Å². The quantitative estimate of drug-likeness (QED) is 0.484. The van der Waals surface area contributed by atoms with Crippen LogP contribution in [-0.4, -0.2) is 15.7 Å². The molecule has 0 aliphatic rings. The van der Waals surface area contributed by atoms with E-state index in [0.29, 0.717) is 5.56 Å². The van der Waals surface area contributed by atoms with Gasteiger partial charge in [0.25, 0.3) is 0 Å². The number of nitro groups is 1. The molecule has 0 saturated carbocycles. The van der Waals surface area contributed by atoms with Gasteiger partial charge in [-0.2, -0.15) is 0 Å². The first-order chi connectivity index (χ1) is 9.47. The maximum atomic E-state index is 11.3. The third-order valence-corrected chi connectivity index (χ3v) is 2.67. The normalized spacial score (nSPS) is 10.1. The van der Waals surface area contributed by atoms with Crippen molar-refractivity contribution in [2.45, 2.75) is 13.8 Å². The van der Waals surface area contributed by atoms with Gasteiger partial charge in [0.1, 0.15) is 0 Å². The lowest BCUT2D eigenvalue weighted by Crippen LogP contribution is -1.97. The Kier molecular flexibility index (Phi) is 3.74. The first kappa shape index (κ1) is 13.7. The second kappa shape index (κ2) is 5.48. The number of nitro benzene ring substituents is 1. The number of hydrogen-bond acceptors (Lipinski definition) is 5. The number of aromatic nitrogens is 1. The molecule has 1 aromatic heterocycles. The molecule has 0 spiro atoms. The zero-order valence-electron chi connectivity index (χ0n) is 11.0. The summed E-state index contributed by atoms with van der Waals surface area (Å²) in [5, 5.41) is 11.0. The van der Waals surface area contributed by atoms with Crippen LogP contribution in [0.3, 0.4) is 0 Å². The summed E-state index contributed by atoms with van der Waals surface area (Å²) in [6.07, 6.45) is 1.42. The zero-order chi connectivity index (χ0) is 14.7. The molecule has 1 heterocycles. The number of carbonyl (C=O) groups is 1. The van der Waals surface area contributed by atoms with Gasteiger partial charge in [-0.15, -0.1) is 0 Å². The van der Waals surface area contributed by atoms with Gasteiger partial charge >= 0.3 is 5.69 Å². The summed E-state index contributed by atoms with van der Waals surface area (Å²) in [7, 11) is 0. The molecule has 2 rings (SSSR count). The lowest BCUT2D eigenvalue weighted by molar-refractivity contribution is -0.385. The van der Waals surface area contributed by atoms with Crippen LogP contribution in [0.15, 0.2) is 36.5 Å². The lowest BCUT2D eigenvalue weighted by atomic mass is 10.2. The molecule has 0 radical (unpaired) electrons. The highest BCUT2D eigenvalue weighted by Gasteiger charge is 2.16. The molecule has 6 heteroatoms. The second-order valence-corrected chi connectivity index (χ2v) is 4.27. The minimum atomic E-state index is -0.517. The number of Topliss-reactive ketones (excluding diaryl/α,β-unsaturated/α-hetero) is 1. The molecule has 0 N–H and O–H groups in total. The van der Waals surface area contributed by atoms with Crippen molar-refractivity contribution in [1.29, 1.82) is 0 Å². The fourth-order valence-electron chi connectivity index (χ4n) is 1.65. The van der Waals surface area contributed by atoms with Crippen LogP contribution in [0.2, 0.25) is 0 Å². The van der Waals surface area contributed by atoms with Crippen LogP contribution in [0, 0.1) is 17.0 Å². The van der Waals surface area contributed by atoms with Gasteiger partial charge in [0.05, 0.1) is 4.92 Å². The van der Waals surface area contributed by atoms with E-state index in [1.54, 1.807) is 19.1 Å². The van der Waals surface area contributed by atoms with Gasteiger partial charge < -0.3 is 4.74 Å². The SMILES string of the molecule is CC(=O)c1ccnc(Oc2ccc(C)cc2[N+](=O)[O-])c1. The summed E-state index contributed by atoms with van der Waals surface area (Å²) >= 11 is 0. The fraction of sp³-hybridized carbons (Fsp3) is 0.143. The van der Waals surface area contributed by atoms with Gasteiger partial charge in [-0.3, -0.25) is 14.9 Å². The molecule has 1 aromatic carbocycles.